The zero-order chi connectivity index (χ0) is 35.3. The minimum Gasteiger partial charge on any atom is -0.394 e. The van der Waals surface area contributed by atoms with Gasteiger partial charge in [0.1, 0.15) is 12.2 Å². The van der Waals surface area contributed by atoms with E-state index in [4.69, 9.17) is 0 Å². The minimum absolute atomic E-state index is 0.346. The summed E-state index contributed by atoms with van der Waals surface area (Å²) in [7, 11) is 0. The summed E-state index contributed by atoms with van der Waals surface area (Å²) in [6, 6.07) is -1.01. The van der Waals surface area contributed by atoms with E-state index in [1.54, 1.807) is 0 Å². The van der Waals surface area contributed by atoms with Crippen molar-refractivity contribution in [2.45, 2.75) is 205 Å². The molecule has 0 bridgehead atoms. The van der Waals surface area contributed by atoms with Crippen molar-refractivity contribution in [3.63, 3.8) is 0 Å². The summed E-state index contributed by atoms with van der Waals surface area (Å²) in [6.45, 7) is 3.93. The van der Waals surface area contributed by atoms with Crippen LogP contribution in [0.5, 0.6) is 0 Å². The second kappa shape index (κ2) is 36.5. The molecule has 0 rings (SSSR count). The van der Waals surface area contributed by atoms with Crippen LogP contribution in [0.25, 0.3) is 0 Å². The number of unbranched alkanes of at least 4 members (excludes halogenated alkanes) is 18. The maximum atomic E-state index is 12.4. The standard InChI is InChI=1S/C42H77NO5/c1-3-5-7-9-11-13-15-16-17-18-19-20-21-22-23-24-25-26-28-30-32-34-36-40(46)42(48)43-38(37-44)41(47)39(45)35-33-31-29-27-14-12-10-8-6-4-2/h8,10,19-20,22-23,27,29,38-41,44-47H,3-7,9,11-18,21,24-26,28,30-37H2,1-2H3,(H,43,48)/b10-8+,20-19-,23-22-,29-27+. The molecule has 6 nitrogen and oxygen atoms in total. The van der Waals surface area contributed by atoms with E-state index in [-0.39, 0.29) is 0 Å². The van der Waals surface area contributed by atoms with Crippen LogP contribution >= 0.6 is 0 Å². The van der Waals surface area contributed by atoms with Crippen LogP contribution < -0.4 is 5.32 Å². The number of carbonyl (C=O) groups excluding carboxylic acids is 1. The average Bonchev–Trinajstić information content (AvgIpc) is 3.09. The summed E-state index contributed by atoms with van der Waals surface area (Å²) >= 11 is 0. The second-order valence-electron chi connectivity index (χ2n) is 13.6. The van der Waals surface area contributed by atoms with Crippen molar-refractivity contribution in [2.75, 3.05) is 6.61 Å². The van der Waals surface area contributed by atoms with Gasteiger partial charge in [0, 0.05) is 0 Å². The lowest BCUT2D eigenvalue weighted by molar-refractivity contribution is -0.132. The van der Waals surface area contributed by atoms with E-state index in [0.29, 0.717) is 19.3 Å². The Labute approximate surface area is 296 Å². The minimum atomic E-state index is -1.29. The molecule has 0 saturated carbocycles. The summed E-state index contributed by atoms with van der Waals surface area (Å²) in [5.74, 6) is -0.610. The van der Waals surface area contributed by atoms with Crippen LogP contribution in [0.2, 0.25) is 0 Å². The van der Waals surface area contributed by atoms with Crippen molar-refractivity contribution in [2.24, 2.45) is 0 Å². The first-order valence-electron chi connectivity index (χ1n) is 20.0. The molecule has 4 unspecified atom stereocenters. The molecule has 0 aromatic carbocycles. The van der Waals surface area contributed by atoms with Gasteiger partial charge in [0.15, 0.2) is 0 Å². The summed E-state index contributed by atoms with van der Waals surface area (Å²) in [4.78, 5) is 12.4. The molecular formula is C42H77NO5. The Balaban J connectivity index is 3.81. The number of aliphatic hydroxyl groups excluding tert-OH is 4. The predicted octanol–water partition coefficient (Wildman–Crippen LogP) is 9.95. The Morgan fingerprint density at radius 1 is 0.521 bits per heavy atom. The Kier molecular flexibility index (Phi) is 35.2. The molecule has 6 heteroatoms. The van der Waals surface area contributed by atoms with Crippen LogP contribution in [0.3, 0.4) is 0 Å². The molecule has 280 valence electrons. The fraction of sp³-hybridized carbons (Fsp3) is 0.786. The fourth-order valence-electron chi connectivity index (χ4n) is 5.75. The van der Waals surface area contributed by atoms with E-state index >= 15 is 0 Å². The van der Waals surface area contributed by atoms with Crippen LogP contribution in [-0.4, -0.2) is 57.3 Å². The molecule has 5 N–H and O–H groups in total. The highest BCUT2D eigenvalue weighted by atomic mass is 16.3. The van der Waals surface area contributed by atoms with Gasteiger partial charge in [0.2, 0.25) is 5.91 Å². The summed E-state index contributed by atoms with van der Waals surface area (Å²) in [5.41, 5.74) is 0. The van der Waals surface area contributed by atoms with Crippen molar-refractivity contribution in [3.05, 3.63) is 48.6 Å². The number of amides is 1. The van der Waals surface area contributed by atoms with Crippen LogP contribution in [0, 0.1) is 0 Å². The SMILES string of the molecule is CCC/C=C/CC/C=C/CCCC(O)C(O)C(CO)NC(=O)C(O)CCCCCCCC/C=C\C/C=C\CCCCCCCCCCC. The van der Waals surface area contributed by atoms with Gasteiger partial charge in [-0.05, 0) is 77.0 Å². The molecule has 0 aliphatic heterocycles. The average molecular weight is 676 g/mol. The number of hydrogen-bond acceptors (Lipinski definition) is 5. The molecule has 0 fully saturated rings. The van der Waals surface area contributed by atoms with Crippen LogP contribution in [0.15, 0.2) is 48.6 Å². The first-order chi connectivity index (χ1) is 23.5. The number of rotatable bonds is 35. The van der Waals surface area contributed by atoms with Crippen molar-refractivity contribution in [1.29, 1.82) is 0 Å². The monoisotopic (exact) mass is 676 g/mol. The Hall–Kier alpha value is -1.73. The molecular weight excluding hydrogens is 598 g/mol. The first-order valence-corrected chi connectivity index (χ1v) is 20.0. The fourth-order valence-corrected chi connectivity index (χ4v) is 5.75. The van der Waals surface area contributed by atoms with Crippen molar-refractivity contribution < 1.29 is 25.2 Å². The quantitative estimate of drug-likeness (QED) is 0.0339. The van der Waals surface area contributed by atoms with Crippen LogP contribution in [0.4, 0.5) is 0 Å². The van der Waals surface area contributed by atoms with E-state index in [9.17, 15) is 25.2 Å². The van der Waals surface area contributed by atoms with Crippen molar-refractivity contribution >= 4 is 5.91 Å². The molecule has 0 aromatic rings. The molecule has 0 spiro atoms. The Morgan fingerprint density at radius 3 is 1.52 bits per heavy atom. The summed E-state index contributed by atoms with van der Waals surface area (Å²) < 4.78 is 0. The third-order valence-corrected chi connectivity index (χ3v) is 8.97. The molecule has 48 heavy (non-hydrogen) atoms. The molecule has 0 aromatic heterocycles. The molecule has 0 heterocycles. The number of aliphatic hydroxyl groups is 4. The van der Waals surface area contributed by atoms with Gasteiger partial charge in [-0.3, -0.25) is 4.79 Å². The van der Waals surface area contributed by atoms with Gasteiger partial charge in [-0.15, -0.1) is 0 Å². The molecule has 1 amide bonds. The smallest absolute Gasteiger partial charge is 0.249 e. The van der Waals surface area contributed by atoms with E-state index < -0.39 is 36.9 Å². The van der Waals surface area contributed by atoms with Crippen LogP contribution in [-0.2, 0) is 4.79 Å². The van der Waals surface area contributed by atoms with E-state index in [1.807, 2.05) is 0 Å². The zero-order valence-corrected chi connectivity index (χ0v) is 31.2. The second-order valence-corrected chi connectivity index (χ2v) is 13.6. The van der Waals surface area contributed by atoms with Gasteiger partial charge >= 0.3 is 0 Å². The highest BCUT2D eigenvalue weighted by molar-refractivity contribution is 5.80. The molecule has 0 aliphatic carbocycles. The number of hydrogen-bond donors (Lipinski definition) is 5. The lowest BCUT2D eigenvalue weighted by Crippen LogP contribution is -2.53. The third kappa shape index (κ3) is 30.3. The van der Waals surface area contributed by atoms with Gasteiger partial charge in [-0.25, -0.2) is 0 Å². The highest BCUT2D eigenvalue weighted by Gasteiger charge is 2.28. The Bertz CT molecular complexity index is 808. The molecule has 4 atom stereocenters. The van der Waals surface area contributed by atoms with Gasteiger partial charge in [-0.2, -0.15) is 0 Å². The number of allylic oxidation sites excluding steroid dienone is 8. The predicted molar refractivity (Wildman–Crippen MR) is 205 cm³/mol. The number of nitrogens with one attached hydrogen (secondary N) is 1. The lowest BCUT2D eigenvalue weighted by atomic mass is 10.00. The van der Waals surface area contributed by atoms with Crippen LogP contribution in [0.1, 0.15) is 181 Å². The molecule has 0 aliphatic rings. The molecule has 0 radical (unpaired) electrons. The Morgan fingerprint density at radius 2 is 0.979 bits per heavy atom. The largest absolute Gasteiger partial charge is 0.394 e. The van der Waals surface area contributed by atoms with Gasteiger partial charge in [0.05, 0.1) is 18.8 Å². The highest BCUT2D eigenvalue weighted by Crippen LogP contribution is 2.14. The normalized spacial score (nSPS) is 14.9. The topological polar surface area (TPSA) is 110 Å². The summed E-state index contributed by atoms with van der Waals surface area (Å²) in [6.07, 6.45) is 42.9. The van der Waals surface area contributed by atoms with Gasteiger partial charge in [-0.1, -0.05) is 152 Å². The maximum absolute atomic E-state index is 12.4. The zero-order valence-electron chi connectivity index (χ0n) is 31.2. The first kappa shape index (κ1) is 46.3. The number of carbonyl (C=O) groups is 1. The molecule has 0 saturated heterocycles. The lowest BCUT2D eigenvalue weighted by Gasteiger charge is -2.27. The van der Waals surface area contributed by atoms with Crippen molar-refractivity contribution in [3.8, 4) is 0 Å². The summed E-state index contributed by atoms with van der Waals surface area (Å²) in [5, 5.41) is 43.4. The van der Waals surface area contributed by atoms with E-state index in [2.05, 4.69) is 67.8 Å². The van der Waals surface area contributed by atoms with Crippen molar-refractivity contribution in [1.82, 2.24) is 5.32 Å². The van der Waals surface area contributed by atoms with Gasteiger partial charge in [0.25, 0.3) is 0 Å². The third-order valence-electron chi connectivity index (χ3n) is 8.97. The van der Waals surface area contributed by atoms with E-state index in [0.717, 1.165) is 64.2 Å². The maximum Gasteiger partial charge on any atom is 0.249 e. The van der Waals surface area contributed by atoms with Gasteiger partial charge < -0.3 is 25.7 Å². The van der Waals surface area contributed by atoms with E-state index in [1.165, 1.54) is 83.5 Å².